The summed E-state index contributed by atoms with van der Waals surface area (Å²) < 4.78 is 2.95. The average Bonchev–Trinajstić information content (AvgIpc) is 3.04. The van der Waals surface area contributed by atoms with Crippen molar-refractivity contribution in [2.75, 3.05) is 10.6 Å². The molecule has 0 saturated carbocycles. The molecule has 0 bridgehead atoms. The fourth-order valence-electron chi connectivity index (χ4n) is 2.40. The van der Waals surface area contributed by atoms with Crippen molar-refractivity contribution in [3.63, 3.8) is 0 Å². The third kappa shape index (κ3) is 5.14. The Bertz CT molecular complexity index is 841. The topological polar surface area (TPSA) is 41.9 Å². The number of thiocarbonyl (C=S) groups is 1. The van der Waals surface area contributed by atoms with E-state index in [-0.39, 0.29) is 0 Å². The summed E-state index contributed by atoms with van der Waals surface area (Å²) in [7, 11) is 0. The third-order valence-corrected chi connectivity index (χ3v) is 4.49. The number of nitrogens with zero attached hydrogens (tertiary/aromatic N) is 2. The minimum absolute atomic E-state index is 0.526. The Labute approximate surface area is 161 Å². The molecule has 0 spiro atoms. The van der Waals surface area contributed by atoms with Gasteiger partial charge in [-0.1, -0.05) is 47.1 Å². The van der Waals surface area contributed by atoms with Gasteiger partial charge in [0.15, 0.2) is 10.9 Å². The van der Waals surface area contributed by atoms with E-state index in [9.17, 15) is 0 Å². The highest BCUT2D eigenvalue weighted by atomic mass is 79.9. The lowest BCUT2D eigenvalue weighted by molar-refractivity contribution is 0.690. The highest BCUT2D eigenvalue weighted by molar-refractivity contribution is 9.10. The molecule has 25 heavy (non-hydrogen) atoms. The SMILES string of the molecule is CCc1ccc(NC(=S)Nc2ccn(Cc3ccc(Br)cc3)n2)cc1. The molecule has 0 radical (unpaired) electrons. The Hall–Kier alpha value is -2.18. The summed E-state index contributed by atoms with van der Waals surface area (Å²) in [6.07, 6.45) is 2.96. The largest absolute Gasteiger partial charge is 0.332 e. The molecule has 2 N–H and O–H groups in total. The van der Waals surface area contributed by atoms with E-state index >= 15 is 0 Å². The van der Waals surface area contributed by atoms with Gasteiger partial charge in [0.2, 0.25) is 0 Å². The van der Waals surface area contributed by atoms with Crippen molar-refractivity contribution in [1.82, 2.24) is 9.78 Å². The van der Waals surface area contributed by atoms with Crippen LogP contribution in [0.5, 0.6) is 0 Å². The van der Waals surface area contributed by atoms with Crippen LogP contribution in [0.3, 0.4) is 0 Å². The molecule has 0 fully saturated rings. The number of hydrogen-bond donors (Lipinski definition) is 2. The molecule has 6 heteroatoms. The van der Waals surface area contributed by atoms with Crippen molar-refractivity contribution in [3.8, 4) is 0 Å². The van der Waals surface area contributed by atoms with Gasteiger partial charge >= 0.3 is 0 Å². The number of anilines is 2. The lowest BCUT2D eigenvalue weighted by Gasteiger charge is -2.09. The van der Waals surface area contributed by atoms with Gasteiger partial charge in [0.1, 0.15) is 0 Å². The molecular formula is C19H19BrN4S. The monoisotopic (exact) mass is 414 g/mol. The normalized spacial score (nSPS) is 10.5. The zero-order valence-corrected chi connectivity index (χ0v) is 16.3. The Morgan fingerprint density at radius 2 is 1.68 bits per heavy atom. The maximum Gasteiger partial charge on any atom is 0.176 e. The summed E-state index contributed by atoms with van der Waals surface area (Å²) in [6.45, 7) is 2.85. The summed E-state index contributed by atoms with van der Waals surface area (Å²) >= 11 is 8.80. The summed E-state index contributed by atoms with van der Waals surface area (Å²) in [6, 6.07) is 18.4. The predicted octanol–water partition coefficient (Wildman–Crippen LogP) is 5.07. The summed E-state index contributed by atoms with van der Waals surface area (Å²) in [4.78, 5) is 0. The highest BCUT2D eigenvalue weighted by Gasteiger charge is 2.03. The molecule has 0 aliphatic rings. The van der Waals surface area contributed by atoms with Gasteiger partial charge in [0, 0.05) is 22.4 Å². The molecule has 3 aromatic rings. The van der Waals surface area contributed by atoms with Crippen molar-refractivity contribution in [2.45, 2.75) is 19.9 Å². The summed E-state index contributed by atoms with van der Waals surface area (Å²) in [5.41, 5.74) is 3.45. The standard InChI is InChI=1S/C19H19BrN4S/c1-2-14-5-9-17(10-6-14)21-19(25)22-18-11-12-24(23-18)13-15-3-7-16(20)8-4-15/h3-12H,2,13H2,1H3,(H2,21,22,23,25). The van der Waals surface area contributed by atoms with Crippen molar-refractivity contribution in [1.29, 1.82) is 0 Å². The maximum atomic E-state index is 5.36. The number of nitrogens with one attached hydrogen (secondary N) is 2. The molecular weight excluding hydrogens is 396 g/mol. The Balaban J connectivity index is 1.56. The number of aromatic nitrogens is 2. The first kappa shape index (κ1) is 17.6. The van der Waals surface area contributed by atoms with Gasteiger partial charge in [-0.25, -0.2) is 0 Å². The second-order valence-corrected chi connectivity index (χ2v) is 6.98. The van der Waals surface area contributed by atoms with Crippen molar-refractivity contribution in [3.05, 3.63) is 76.4 Å². The first-order valence-corrected chi connectivity index (χ1v) is 9.27. The zero-order chi connectivity index (χ0) is 17.6. The van der Waals surface area contributed by atoms with Gasteiger partial charge in [-0.2, -0.15) is 5.10 Å². The summed E-state index contributed by atoms with van der Waals surface area (Å²) in [5, 5.41) is 11.3. The van der Waals surface area contributed by atoms with Gasteiger partial charge < -0.3 is 10.6 Å². The fraction of sp³-hybridized carbons (Fsp3) is 0.158. The molecule has 0 aliphatic carbocycles. The van der Waals surface area contributed by atoms with Crippen LogP contribution in [0.15, 0.2) is 65.3 Å². The van der Waals surface area contributed by atoms with Crippen LogP contribution in [0.2, 0.25) is 0 Å². The lowest BCUT2D eigenvalue weighted by Crippen LogP contribution is -2.19. The Kier molecular flexibility index (Phi) is 5.83. The van der Waals surface area contributed by atoms with Crippen LogP contribution in [-0.4, -0.2) is 14.9 Å². The highest BCUT2D eigenvalue weighted by Crippen LogP contribution is 2.13. The fourth-order valence-corrected chi connectivity index (χ4v) is 2.88. The van der Waals surface area contributed by atoms with Gasteiger partial charge in [-0.3, -0.25) is 4.68 Å². The predicted molar refractivity (Wildman–Crippen MR) is 111 cm³/mol. The van der Waals surface area contributed by atoms with Crippen molar-refractivity contribution >= 4 is 44.8 Å². The van der Waals surface area contributed by atoms with E-state index in [4.69, 9.17) is 12.2 Å². The molecule has 2 aromatic carbocycles. The molecule has 1 heterocycles. The van der Waals surface area contributed by atoms with Crippen LogP contribution in [0.4, 0.5) is 11.5 Å². The quantitative estimate of drug-likeness (QED) is 0.572. The van der Waals surface area contributed by atoms with E-state index < -0.39 is 0 Å². The van der Waals surface area contributed by atoms with E-state index in [0.717, 1.165) is 22.4 Å². The third-order valence-electron chi connectivity index (χ3n) is 3.76. The molecule has 3 rings (SSSR count). The molecule has 0 amide bonds. The first-order chi connectivity index (χ1) is 12.1. The molecule has 4 nitrogen and oxygen atoms in total. The number of benzene rings is 2. The number of aryl methyl sites for hydroxylation is 1. The van der Waals surface area contributed by atoms with Crippen LogP contribution >= 0.6 is 28.1 Å². The molecule has 1 aromatic heterocycles. The minimum Gasteiger partial charge on any atom is -0.332 e. The molecule has 128 valence electrons. The molecule has 0 aliphatic heterocycles. The van der Waals surface area contributed by atoms with Crippen LogP contribution in [0.25, 0.3) is 0 Å². The van der Waals surface area contributed by atoms with Gasteiger partial charge in [-0.05, 0) is 54.0 Å². The maximum absolute atomic E-state index is 5.36. The number of rotatable bonds is 5. The Morgan fingerprint density at radius 1 is 1.00 bits per heavy atom. The molecule has 0 atom stereocenters. The Morgan fingerprint density at radius 3 is 2.36 bits per heavy atom. The van der Waals surface area contributed by atoms with Crippen LogP contribution in [0, 0.1) is 0 Å². The number of halogens is 1. The lowest BCUT2D eigenvalue weighted by atomic mass is 10.1. The van der Waals surface area contributed by atoms with Gasteiger partial charge in [0.25, 0.3) is 0 Å². The average molecular weight is 415 g/mol. The second-order valence-electron chi connectivity index (χ2n) is 5.65. The molecule has 0 saturated heterocycles. The zero-order valence-electron chi connectivity index (χ0n) is 13.9. The minimum atomic E-state index is 0.526. The van der Waals surface area contributed by atoms with E-state index in [2.05, 4.69) is 62.9 Å². The van der Waals surface area contributed by atoms with E-state index in [1.54, 1.807) is 0 Å². The van der Waals surface area contributed by atoms with Crippen LogP contribution < -0.4 is 10.6 Å². The van der Waals surface area contributed by atoms with E-state index in [1.165, 1.54) is 11.1 Å². The van der Waals surface area contributed by atoms with E-state index in [1.807, 2.05) is 41.2 Å². The van der Waals surface area contributed by atoms with Crippen molar-refractivity contribution < 1.29 is 0 Å². The first-order valence-electron chi connectivity index (χ1n) is 8.07. The number of hydrogen-bond acceptors (Lipinski definition) is 2. The van der Waals surface area contributed by atoms with Crippen LogP contribution in [0.1, 0.15) is 18.1 Å². The van der Waals surface area contributed by atoms with E-state index in [0.29, 0.717) is 11.7 Å². The second kappa shape index (κ2) is 8.27. The summed E-state index contributed by atoms with van der Waals surface area (Å²) in [5.74, 6) is 0.722. The smallest absolute Gasteiger partial charge is 0.176 e. The van der Waals surface area contributed by atoms with Gasteiger partial charge in [0.05, 0.1) is 6.54 Å². The van der Waals surface area contributed by atoms with Crippen LogP contribution in [-0.2, 0) is 13.0 Å². The van der Waals surface area contributed by atoms with Crippen molar-refractivity contribution in [2.24, 2.45) is 0 Å². The molecule has 0 unspecified atom stereocenters. The van der Waals surface area contributed by atoms with Gasteiger partial charge in [-0.15, -0.1) is 0 Å².